The Hall–Kier alpha value is -0.610. The average Bonchev–Trinajstić information content (AvgIpc) is 2.34. The van der Waals surface area contributed by atoms with Gasteiger partial charge < -0.3 is 4.90 Å². The van der Waals surface area contributed by atoms with Crippen LogP contribution in [0, 0.1) is 0 Å². The van der Waals surface area contributed by atoms with Gasteiger partial charge in [0.05, 0.1) is 0 Å². The van der Waals surface area contributed by atoms with E-state index in [2.05, 4.69) is 5.43 Å². The molecular weight excluding hydrogens is 130 g/mol. The minimum atomic E-state index is 0.137. The van der Waals surface area contributed by atoms with E-state index < -0.39 is 0 Å². The number of carbonyl (C=O) groups is 1. The van der Waals surface area contributed by atoms with E-state index in [9.17, 15) is 4.79 Å². The molecule has 1 aliphatic heterocycles. The molecule has 0 saturated carbocycles. The summed E-state index contributed by atoms with van der Waals surface area (Å²) in [6, 6.07) is 0.295. The second-order valence-electron chi connectivity index (χ2n) is 2.62. The molecule has 3 N–H and O–H groups in total. The molecule has 0 aromatic carbocycles. The van der Waals surface area contributed by atoms with Gasteiger partial charge in [-0.2, -0.15) is 0 Å². The normalized spacial score (nSPS) is 25.4. The summed E-state index contributed by atoms with van der Waals surface area (Å²) in [5.74, 6) is 5.35. The minimum Gasteiger partial charge on any atom is -0.341 e. The lowest BCUT2D eigenvalue weighted by Crippen LogP contribution is -2.38. The Labute approximate surface area is 60.3 Å². The topological polar surface area (TPSA) is 58.4 Å². The molecule has 1 amide bonds. The first kappa shape index (κ1) is 7.50. The molecule has 0 spiro atoms. The number of likely N-dealkylation sites (tertiary alicyclic amines) is 1. The van der Waals surface area contributed by atoms with Crippen LogP contribution in [0.5, 0.6) is 0 Å². The third-order valence-corrected chi connectivity index (χ3v) is 1.87. The predicted molar refractivity (Wildman–Crippen MR) is 38.0 cm³/mol. The molecule has 0 aliphatic carbocycles. The third kappa shape index (κ3) is 1.46. The molecule has 4 nitrogen and oxygen atoms in total. The van der Waals surface area contributed by atoms with Crippen molar-refractivity contribution in [3.8, 4) is 0 Å². The number of nitrogens with two attached hydrogens (primary N) is 1. The summed E-state index contributed by atoms with van der Waals surface area (Å²) in [6.07, 6.45) is 0.968. The van der Waals surface area contributed by atoms with Crippen LogP contribution in [0.2, 0.25) is 0 Å². The van der Waals surface area contributed by atoms with Gasteiger partial charge in [0.15, 0.2) is 0 Å². The zero-order valence-corrected chi connectivity index (χ0v) is 6.13. The van der Waals surface area contributed by atoms with Crippen molar-refractivity contribution >= 4 is 5.91 Å². The number of carbonyl (C=O) groups excluding carboxylic acids is 1. The van der Waals surface area contributed by atoms with E-state index in [1.807, 2.05) is 0 Å². The number of nitrogens with zero attached hydrogens (tertiary/aromatic N) is 1. The Morgan fingerprint density at radius 1 is 1.80 bits per heavy atom. The van der Waals surface area contributed by atoms with E-state index in [4.69, 9.17) is 5.84 Å². The van der Waals surface area contributed by atoms with E-state index in [-0.39, 0.29) is 5.91 Å². The fourth-order valence-electron chi connectivity index (χ4n) is 1.18. The zero-order valence-electron chi connectivity index (χ0n) is 6.13. The highest BCUT2D eigenvalue weighted by molar-refractivity contribution is 5.73. The van der Waals surface area contributed by atoms with E-state index >= 15 is 0 Å². The number of rotatable bonds is 1. The van der Waals surface area contributed by atoms with Crippen LogP contribution in [0.3, 0.4) is 0 Å². The lowest BCUT2D eigenvalue weighted by Gasteiger charge is -2.12. The van der Waals surface area contributed by atoms with Crippen molar-refractivity contribution in [1.29, 1.82) is 0 Å². The van der Waals surface area contributed by atoms with Crippen LogP contribution in [0.4, 0.5) is 0 Å². The molecule has 4 heteroatoms. The maximum Gasteiger partial charge on any atom is 0.219 e. The molecule has 1 aliphatic rings. The maximum absolute atomic E-state index is 10.8. The van der Waals surface area contributed by atoms with Crippen LogP contribution in [-0.2, 0) is 4.79 Å². The summed E-state index contributed by atoms with van der Waals surface area (Å²) in [5.41, 5.74) is 2.65. The van der Waals surface area contributed by atoms with Crippen molar-refractivity contribution in [2.24, 2.45) is 5.84 Å². The Morgan fingerprint density at radius 2 is 2.50 bits per heavy atom. The number of amides is 1. The molecule has 58 valence electrons. The van der Waals surface area contributed by atoms with Crippen molar-refractivity contribution in [3.63, 3.8) is 0 Å². The van der Waals surface area contributed by atoms with E-state index in [0.29, 0.717) is 6.04 Å². The van der Waals surface area contributed by atoms with Crippen molar-refractivity contribution in [2.75, 3.05) is 13.1 Å². The smallest absolute Gasteiger partial charge is 0.219 e. The molecule has 0 unspecified atom stereocenters. The highest BCUT2D eigenvalue weighted by atomic mass is 16.2. The van der Waals surface area contributed by atoms with Gasteiger partial charge in [-0.1, -0.05) is 0 Å². The van der Waals surface area contributed by atoms with Crippen LogP contribution in [0.1, 0.15) is 13.3 Å². The Kier molecular flexibility index (Phi) is 2.24. The average molecular weight is 143 g/mol. The summed E-state index contributed by atoms with van der Waals surface area (Å²) in [6.45, 7) is 3.18. The molecule has 0 aromatic heterocycles. The van der Waals surface area contributed by atoms with E-state index in [0.717, 1.165) is 19.5 Å². The molecule has 1 rings (SSSR count). The first-order chi connectivity index (χ1) is 4.74. The first-order valence-electron chi connectivity index (χ1n) is 3.45. The second-order valence-corrected chi connectivity index (χ2v) is 2.62. The SMILES string of the molecule is CC(=O)N1CC[C@@H](NN)C1. The summed E-state index contributed by atoms with van der Waals surface area (Å²) in [4.78, 5) is 12.6. The van der Waals surface area contributed by atoms with Gasteiger partial charge in [0, 0.05) is 26.1 Å². The molecule has 0 aromatic rings. The van der Waals surface area contributed by atoms with Crippen LogP contribution in [-0.4, -0.2) is 29.9 Å². The molecule has 1 atom stereocenters. The molecule has 0 bridgehead atoms. The lowest BCUT2D eigenvalue weighted by molar-refractivity contribution is -0.127. The molecule has 1 heterocycles. The fourth-order valence-corrected chi connectivity index (χ4v) is 1.18. The van der Waals surface area contributed by atoms with Crippen LogP contribution < -0.4 is 11.3 Å². The van der Waals surface area contributed by atoms with Crippen LogP contribution in [0.15, 0.2) is 0 Å². The van der Waals surface area contributed by atoms with Crippen molar-refractivity contribution in [3.05, 3.63) is 0 Å². The number of hydrogen-bond acceptors (Lipinski definition) is 3. The second kappa shape index (κ2) is 2.98. The molecule has 1 saturated heterocycles. The van der Waals surface area contributed by atoms with Gasteiger partial charge in [0.2, 0.25) is 5.91 Å². The molecule has 10 heavy (non-hydrogen) atoms. The van der Waals surface area contributed by atoms with E-state index in [1.165, 1.54) is 0 Å². The molecular formula is C6H13N3O. The fraction of sp³-hybridized carbons (Fsp3) is 0.833. The Morgan fingerprint density at radius 3 is 2.80 bits per heavy atom. The maximum atomic E-state index is 10.8. The number of nitrogens with one attached hydrogen (secondary N) is 1. The summed E-state index contributed by atoms with van der Waals surface area (Å²) >= 11 is 0. The lowest BCUT2D eigenvalue weighted by atomic mass is 10.3. The zero-order chi connectivity index (χ0) is 7.56. The van der Waals surface area contributed by atoms with Gasteiger partial charge in [0.1, 0.15) is 0 Å². The highest BCUT2D eigenvalue weighted by Gasteiger charge is 2.22. The van der Waals surface area contributed by atoms with Crippen molar-refractivity contribution < 1.29 is 4.79 Å². The molecule has 0 radical (unpaired) electrons. The Balaban J connectivity index is 2.35. The quantitative estimate of drug-likeness (QED) is 0.368. The number of hydrogen-bond donors (Lipinski definition) is 2. The van der Waals surface area contributed by atoms with Gasteiger partial charge in [-0.05, 0) is 6.42 Å². The summed E-state index contributed by atoms with van der Waals surface area (Å²) < 4.78 is 0. The van der Waals surface area contributed by atoms with Gasteiger partial charge in [0.25, 0.3) is 0 Å². The van der Waals surface area contributed by atoms with Gasteiger partial charge in [-0.3, -0.25) is 16.1 Å². The van der Waals surface area contributed by atoms with Gasteiger partial charge in [-0.15, -0.1) is 0 Å². The first-order valence-corrected chi connectivity index (χ1v) is 3.45. The van der Waals surface area contributed by atoms with Gasteiger partial charge in [-0.25, -0.2) is 0 Å². The minimum absolute atomic E-state index is 0.137. The summed E-state index contributed by atoms with van der Waals surface area (Å²) in [5, 5.41) is 0. The standard InChI is InChI=1S/C6H13N3O/c1-5(10)9-3-2-6(4-9)8-7/h6,8H,2-4,7H2,1H3/t6-/m1/s1. The van der Waals surface area contributed by atoms with Crippen molar-refractivity contribution in [1.82, 2.24) is 10.3 Å². The van der Waals surface area contributed by atoms with Crippen molar-refractivity contribution in [2.45, 2.75) is 19.4 Å². The van der Waals surface area contributed by atoms with E-state index in [1.54, 1.807) is 11.8 Å². The van der Waals surface area contributed by atoms with Crippen LogP contribution >= 0.6 is 0 Å². The highest BCUT2D eigenvalue weighted by Crippen LogP contribution is 2.07. The molecule has 1 fully saturated rings. The predicted octanol–water partition coefficient (Wildman–Crippen LogP) is -0.929. The number of hydrazine groups is 1. The Bertz CT molecular complexity index is 137. The largest absolute Gasteiger partial charge is 0.341 e. The third-order valence-electron chi connectivity index (χ3n) is 1.87. The monoisotopic (exact) mass is 143 g/mol. The van der Waals surface area contributed by atoms with Gasteiger partial charge >= 0.3 is 0 Å². The van der Waals surface area contributed by atoms with Crippen LogP contribution in [0.25, 0.3) is 0 Å². The summed E-state index contributed by atoms with van der Waals surface area (Å²) in [7, 11) is 0.